The van der Waals surface area contributed by atoms with E-state index in [0.29, 0.717) is 21.6 Å². The van der Waals surface area contributed by atoms with E-state index in [0.717, 1.165) is 27.1 Å². The molecule has 1 N–H and O–H groups in total. The molecule has 9 heteroatoms. The molecule has 2 heterocycles. The van der Waals surface area contributed by atoms with Gasteiger partial charge >= 0.3 is 0 Å². The SMILES string of the molecule is Cc1ccc(NC(=O)CN2C(=O)S/C(=C\c3ccc(Sc4ccccc4)o3)C2=O)cc1Cl. The van der Waals surface area contributed by atoms with Crippen molar-refractivity contribution in [1.82, 2.24) is 4.90 Å². The maximum atomic E-state index is 12.7. The highest BCUT2D eigenvalue weighted by Crippen LogP contribution is 2.34. The molecule has 1 aliphatic heterocycles. The van der Waals surface area contributed by atoms with Crippen molar-refractivity contribution >= 4 is 63.9 Å². The van der Waals surface area contributed by atoms with Gasteiger partial charge in [-0.05, 0) is 60.6 Å². The van der Waals surface area contributed by atoms with Gasteiger partial charge in [-0.15, -0.1) is 0 Å². The highest BCUT2D eigenvalue weighted by molar-refractivity contribution is 8.18. The van der Waals surface area contributed by atoms with Gasteiger partial charge in [0.05, 0.1) is 4.91 Å². The summed E-state index contributed by atoms with van der Waals surface area (Å²) in [4.78, 5) is 39.5. The van der Waals surface area contributed by atoms with Crippen LogP contribution in [0, 0.1) is 6.92 Å². The number of rotatable bonds is 6. The molecule has 0 atom stereocenters. The molecule has 1 aromatic heterocycles. The van der Waals surface area contributed by atoms with Crippen LogP contribution in [0.2, 0.25) is 5.02 Å². The van der Waals surface area contributed by atoms with E-state index in [4.69, 9.17) is 16.0 Å². The summed E-state index contributed by atoms with van der Waals surface area (Å²) < 4.78 is 5.75. The summed E-state index contributed by atoms with van der Waals surface area (Å²) in [5, 5.41) is 3.32. The summed E-state index contributed by atoms with van der Waals surface area (Å²) in [6, 6.07) is 18.4. The number of carbonyl (C=O) groups is 3. The predicted octanol–water partition coefficient (Wildman–Crippen LogP) is 6.07. The normalized spacial score (nSPS) is 14.9. The minimum absolute atomic E-state index is 0.201. The largest absolute Gasteiger partial charge is 0.450 e. The van der Waals surface area contributed by atoms with Crippen LogP contribution >= 0.6 is 35.1 Å². The Balaban J connectivity index is 1.40. The number of benzene rings is 2. The van der Waals surface area contributed by atoms with E-state index in [1.165, 1.54) is 17.8 Å². The molecule has 3 amide bonds. The van der Waals surface area contributed by atoms with E-state index in [1.807, 2.05) is 37.3 Å². The van der Waals surface area contributed by atoms with Crippen molar-refractivity contribution in [3.05, 3.63) is 81.9 Å². The van der Waals surface area contributed by atoms with Crippen molar-refractivity contribution in [1.29, 1.82) is 0 Å². The van der Waals surface area contributed by atoms with Crippen LogP contribution in [-0.2, 0) is 9.59 Å². The Bertz CT molecular complexity index is 1220. The lowest BCUT2D eigenvalue weighted by atomic mass is 10.2. The zero-order valence-corrected chi connectivity index (χ0v) is 19.2. The van der Waals surface area contributed by atoms with Crippen molar-refractivity contribution in [3.8, 4) is 0 Å². The summed E-state index contributed by atoms with van der Waals surface area (Å²) in [6.45, 7) is 1.46. The van der Waals surface area contributed by atoms with E-state index in [9.17, 15) is 14.4 Å². The molecule has 0 saturated carbocycles. The summed E-state index contributed by atoms with van der Waals surface area (Å²) in [6.07, 6.45) is 1.51. The van der Waals surface area contributed by atoms with Crippen LogP contribution in [0.1, 0.15) is 11.3 Å². The molecule has 1 saturated heterocycles. The predicted molar refractivity (Wildman–Crippen MR) is 127 cm³/mol. The quantitative estimate of drug-likeness (QED) is 0.428. The Morgan fingerprint density at radius 2 is 1.94 bits per heavy atom. The minimum atomic E-state index is -0.536. The lowest BCUT2D eigenvalue weighted by molar-refractivity contribution is -0.127. The second kappa shape index (κ2) is 9.68. The number of nitrogens with one attached hydrogen (secondary N) is 1. The Kier molecular flexibility index (Phi) is 6.74. The van der Waals surface area contributed by atoms with Crippen LogP contribution in [0.25, 0.3) is 6.08 Å². The number of aryl methyl sites for hydroxylation is 1. The van der Waals surface area contributed by atoms with Gasteiger partial charge in [0.25, 0.3) is 11.1 Å². The number of furan rings is 1. The van der Waals surface area contributed by atoms with Gasteiger partial charge in [-0.3, -0.25) is 19.3 Å². The number of imide groups is 1. The Hall–Kier alpha value is -2.94. The first-order chi connectivity index (χ1) is 15.4. The van der Waals surface area contributed by atoms with Gasteiger partial charge in [0.2, 0.25) is 5.91 Å². The molecule has 1 aliphatic rings. The third kappa shape index (κ3) is 5.27. The van der Waals surface area contributed by atoms with Crippen LogP contribution in [0.5, 0.6) is 0 Å². The second-order valence-electron chi connectivity index (χ2n) is 6.85. The monoisotopic (exact) mass is 484 g/mol. The molecule has 2 aromatic carbocycles. The Labute approximate surface area is 198 Å². The third-order valence-corrected chi connectivity index (χ3v) is 6.71. The van der Waals surface area contributed by atoms with Crippen LogP contribution < -0.4 is 5.32 Å². The van der Waals surface area contributed by atoms with E-state index in [2.05, 4.69) is 5.32 Å². The molecule has 162 valence electrons. The molecular weight excluding hydrogens is 468 g/mol. The molecule has 0 spiro atoms. The zero-order chi connectivity index (χ0) is 22.7. The van der Waals surface area contributed by atoms with Gasteiger partial charge < -0.3 is 9.73 Å². The standard InChI is InChI=1S/C23H17ClN2O4S2/c1-14-7-8-15(11-18(14)24)25-20(27)13-26-22(28)19(32-23(26)29)12-16-9-10-21(30-16)31-17-5-3-2-4-6-17/h2-12H,13H2,1H3,(H,25,27)/b19-12-. The average molecular weight is 485 g/mol. The van der Waals surface area contributed by atoms with Gasteiger partial charge in [0, 0.05) is 21.7 Å². The van der Waals surface area contributed by atoms with Crippen LogP contribution in [0.3, 0.4) is 0 Å². The summed E-state index contributed by atoms with van der Waals surface area (Å²) in [5.74, 6) is -0.577. The Morgan fingerprint density at radius 3 is 2.69 bits per heavy atom. The summed E-state index contributed by atoms with van der Waals surface area (Å²) in [5.41, 5.74) is 1.37. The third-order valence-electron chi connectivity index (χ3n) is 4.47. The number of thioether (sulfide) groups is 1. The number of amides is 3. The van der Waals surface area contributed by atoms with Crippen molar-refractivity contribution in [2.75, 3.05) is 11.9 Å². The minimum Gasteiger partial charge on any atom is -0.450 e. The molecule has 1 fully saturated rings. The first kappa shape index (κ1) is 22.3. The fraction of sp³-hybridized carbons (Fsp3) is 0.0870. The lowest BCUT2D eigenvalue weighted by Gasteiger charge is -2.12. The fourth-order valence-electron chi connectivity index (χ4n) is 2.85. The smallest absolute Gasteiger partial charge is 0.294 e. The number of carbonyl (C=O) groups excluding carboxylic acids is 3. The maximum absolute atomic E-state index is 12.7. The highest BCUT2D eigenvalue weighted by atomic mass is 35.5. The first-order valence-electron chi connectivity index (χ1n) is 9.53. The van der Waals surface area contributed by atoms with Gasteiger partial charge in [-0.1, -0.05) is 47.6 Å². The van der Waals surface area contributed by atoms with Crippen LogP contribution in [-0.4, -0.2) is 28.5 Å². The second-order valence-corrected chi connectivity index (χ2v) is 9.33. The van der Waals surface area contributed by atoms with Gasteiger partial charge in [-0.25, -0.2) is 0 Å². The Morgan fingerprint density at radius 1 is 1.16 bits per heavy atom. The van der Waals surface area contributed by atoms with Crippen molar-refractivity contribution in [2.45, 2.75) is 16.9 Å². The van der Waals surface area contributed by atoms with E-state index >= 15 is 0 Å². The van der Waals surface area contributed by atoms with E-state index in [-0.39, 0.29) is 11.4 Å². The molecule has 6 nitrogen and oxygen atoms in total. The first-order valence-corrected chi connectivity index (χ1v) is 11.5. The number of hydrogen-bond acceptors (Lipinski definition) is 6. The van der Waals surface area contributed by atoms with Crippen molar-refractivity contribution in [2.24, 2.45) is 0 Å². The van der Waals surface area contributed by atoms with Crippen molar-refractivity contribution < 1.29 is 18.8 Å². The number of halogens is 1. The average Bonchev–Trinajstić information content (AvgIpc) is 3.31. The molecule has 0 unspecified atom stereocenters. The number of nitrogens with zero attached hydrogens (tertiary/aromatic N) is 1. The van der Waals surface area contributed by atoms with Crippen LogP contribution in [0.4, 0.5) is 10.5 Å². The zero-order valence-electron chi connectivity index (χ0n) is 16.8. The molecule has 4 rings (SSSR count). The van der Waals surface area contributed by atoms with Gasteiger partial charge in [0.1, 0.15) is 12.3 Å². The maximum Gasteiger partial charge on any atom is 0.294 e. The fourth-order valence-corrected chi connectivity index (χ4v) is 4.65. The number of anilines is 1. The van der Waals surface area contributed by atoms with E-state index in [1.54, 1.807) is 30.3 Å². The molecule has 0 aliphatic carbocycles. The van der Waals surface area contributed by atoms with Gasteiger partial charge in [-0.2, -0.15) is 0 Å². The molecule has 3 aromatic rings. The number of hydrogen-bond donors (Lipinski definition) is 1. The topological polar surface area (TPSA) is 79.6 Å². The lowest BCUT2D eigenvalue weighted by Crippen LogP contribution is -2.36. The summed E-state index contributed by atoms with van der Waals surface area (Å²) >= 11 is 8.29. The van der Waals surface area contributed by atoms with E-state index < -0.39 is 17.1 Å². The van der Waals surface area contributed by atoms with Crippen molar-refractivity contribution in [3.63, 3.8) is 0 Å². The molecular formula is C23H17ClN2O4S2. The van der Waals surface area contributed by atoms with Crippen LogP contribution in [0.15, 0.2) is 80.0 Å². The summed E-state index contributed by atoms with van der Waals surface area (Å²) in [7, 11) is 0. The van der Waals surface area contributed by atoms with Gasteiger partial charge in [0.15, 0.2) is 5.09 Å². The highest BCUT2D eigenvalue weighted by Gasteiger charge is 2.36. The molecule has 0 radical (unpaired) electrons. The molecule has 0 bridgehead atoms. The molecule has 32 heavy (non-hydrogen) atoms.